The molecule has 0 nitrogen and oxygen atoms in total. The summed E-state index contributed by atoms with van der Waals surface area (Å²) in [6.45, 7) is 16.0. The van der Waals surface area contributed by atoms with Gasteiger partial charge in [-0.05, 0) is 69.5 Å². The van der Waals surface area contributed by atoms with Gasteiger partial charge >= 0.3 is 0 Å². The smallest absolute Gasteiger partial charge is 0.00761 e. The Morgan fingerprint density at radius 1 is 0.900 bits per heavy atom. The van der Waals surface area contributed by atoms with Crippen LogP contribution in [0.25, 0.3) is 23.3 Å². The van der Waals surface area contributed by atoms with Crippen molar-refractivity contribution in [1.29, 1.82) is 0 Å². The van der Waals surface area contributed by atoms with E-state index in [0.29, 0.717) is 0 Å². The lowest BCUT2D eigenvalue weighted by Gasteiger charge is -2.14. The van der Waals surface area contributed by atoms with Crippen LogP contribution in [-0.4, -0.2) is 0 Å². The van der Waals surface area contributed by atoms with Crippen molar-refractivity contribution in [1.82, 2.24) is 0 Å². The summed E-state index contributed by atoms with van der Waals surface area (Å²) in [6, 6.07) is 4.38. The molecule has 0 fully saturated rings. The Morgan fingerprint density at radius 3 is 2.15 bits per heavy atom. The fourth-order valence-electron chi connectivity index (χ4n) is 3.17. The highest BCUT2D eigenvalue weighted by atomic mass is 14.3. The van der Waals surface area contributed by atoms with Crippen LogP contribution in [0.1, 0.15) is 35.1 Å². The number of fused-ring (bicyclic) bond motifs is 3. The molecule has 2 aliphatic rings. The molecular weight excluding hydrogens is 240 g/mol. The van der Waals surface area contributed by atoms with E-state index >= 15 is 0 Å². The first-order chi connectivity index (χ1) is 9.71. The van der Waals surface area contributed by atoms with E-state index in [1.165, 1.54) is 27.8 Å². The molecule has 20 heavy (non-hydrogen) atoms. The van der Waals surface area contributed by atoms with Crippen molar-refractivity contribution < 1.29 is 0 Å². The Hall–Kier alpha value is -2.34. The maximum Gasteiger partial charge on any atom is -0.00761 e. The maximum absolute atomic E-state index is 4.30. The van der Waals surface area contributed by atoms with Crippen molar-refractivity contribution in [3.63, 3.8) is 0 Å². The van der Waals surface area contributed by atoms with Crippen LogP contribution < -0.4 is 0 Å². The molecule has 2 aliphatic carbocycles. The molecule has 0 heteroatoms. The van der Waals surface area contributed by atoms with E-state index in [9.17, 15) is 0 Å². The highest BCUT2D eigenvalue weighted by Crippen LogP contribution is 2.49. The topological polar surface area (TPSA) is 0 Å². The fourth-order valence-corrected chi connectivity index (χ4v) is 3.17. The van der Waals surface area contributed by atoms with Crippen LogP contribution in [0.4, 0.5) is 0 Å². The first-order valence-electron chi connectivity index (χ1n) is 6.90. The van der Waals surface area contributed by atoms with E-state index < -0.39 is 0 Å². The van der Waals surface area contributed by atoms with Gasteiger partial charge in [0.2, 0.25) is 0 Å². The lowest BCUT2D eigenvalue weighted by atomic mass is 9.90. The SMILES string of the molecule is C=CC1=C2C(=C)c3cc(C=C)c(C=C)cc3C2=CCC1. The summed E-state index contributed by atoms with van der Waals surface area (Å²) in [6.07, 6.45) is 10.2. The van der Waals surface area contributed by atoms with Gasteiger partial charge in [-0.15, -0.1) is 0 Å². The van der Waals surface area contributed by atoms with Crippen molar-refractivity contribution in [2.45, 2.75) is 12.8 Å². The molecular formula is C20H18. The Balaban J connectivity index is 2.32. The summed E-state index contributed by atoms with van der Waals surface area (Å²) in [7, 11) is 0. The van der Waals surface area contributed by atoms with Gasteiger partial charge in [0.25, 0.3) is 0 Å². The summed E-state index contributed by atoms with van der Waals surface area (Å²) in [4.78, 5) is 0. The van der Waals surface area contributed by atoms with Gasteiger partial charge in [-0.3, -0.25) is 0 Å². The third kappa shape index (κ3) is 1.61. The molecule has 0 atom stereocenters. The summed E-state index contributed by atoms with van der Waals surface area (Å²) in [5.41, 5.74) is 9.72. The summed E-state index contributed by atoms with van der Waals surface area (Å²) < 4.78 is 0. The summed E-state index contributed by atoms with van der Waals surface area (Å²) in [5.74, 6) is 0. The minimum atomic E-state index is 1.05. The first kappa shape index (κ1) is 12.7. The van der Waals surface area contributed by atoms with E-state index in [1.54, 1.807) is 0 Å². The number of hydrogen-bond donors (Lipinski definition) is 0. The van der Waals surface area contributed by atoms with E-state index in [-0.39, 0.29) is 0 Å². The van der Waals surface area contributed by atoms with Crippen molar-refractivity contribution in [3.05, 3.63) is 84.0 Å². The predicted molar refractivity (Wildman–Crippen MR) is 90.1 cm³/mol. The lowest BCUT2D eigenvalue weighted by Crippen LogP contribution is -1.94. The van der Waals surface area contributed by atoms with Gasteiger partial charge in [0.1, 0.15) is 0 Å². The van der Waals surface area contributed by atoms with Crippen LogP contribution in [0.3, 0.4) is 0 Å². The molecule has 0 saturated heterocycles. The summed E-state index contributed by atoms with van der Waals surface area (Å²) >= 11 is 0. The lowest BCUT2D eigenvalue weighted by molar-refractivity contribution is 0.989. The highest BCUT2D eigenvalue weighted by Gasteiger charge is 2.29. The molecule has 1 aromatic carbocycles. The molecule has 1 aromatic rings. The van der Waals surface area contributed by atoms with Crippen molar-refractivity contribution in [2.24, 2.45) is 0 Å². The minimum absolute atomic E-state index is 1.05. The number of hydrogen-bond acceptors (Lipinski definition) is 0. The second-order valence-corrected chi connectivity index (χ2v) is 5.17. The van der Waals surface area contributed by atoms with Gasteiger partial charge in [0.15, 0.2) is 0 Å². The normalized spacial score (nSPS) is 16.4. The van der Waals surface area contributed by atoms with E-state index in [1.807, 2.05) is 18.2 Å². The van der Waals surface area contributed by atoms with Crippen molar-refractivity contribution >= 4 is 23.3 Å². The van der Waals surface area contributed by atoms with Crippen LogP contribution in [0.5, 0.6) is 0 Å². The van der Waals surface area contributed by atoms with Gasteiger partial charge in [0, 0.05) is 0 Å². The maximum atomic E-state index is 4.30. The number of benzene rings is 1. The van der Waals surface area contributed by atoms with Crippen LogP contribution in [0.15, 0.2) is 61.7 Å². The van der Waals surface area contributed by atoms with Crippen molar-refractivity contribution in [2.75, 3.05) is 0 Å². The fraction of sp³-hybridized carbons (Fsp3) is 0.100. The van der Waals surface area contributed by atoms with Crippen LogP contribution in [-0.2, 0) is 0 Å². The van der Waals surface area contributed by atoms with Crippen LogP contribution in [0, 0.1) is 0 Å². The summed E-state index contributed by atoms with van der Waals surface area (Å²) in [5, 5.41) is 0. The van der Waals surface area contributed by atoms with Crippen LogP contribution in [0.2, 0.25) is 0 Å². The second kappa shape index (κ2) is 4.64. The zero-order valence-electron chi connectivity index (χ0n) is 11.7. The molecule has 0 N–H and O–H groups in total. The minimum Gasteiger partial charge on any atom is -0.0988 e. The molecule has 0 unspecified atom stereocenters. The Kier molecular flexibility index (Phi) is 2.94. The monoisotopic (exact) mass is 258 g/mol. The Labute approximate surface area is 120 Å². The zero-order chi connectivity index (χ0) is 14.3. The first-order valence-corrected chi connectivity index (χ1v) is 6.90. The standard InChI is InChI=1S/C20H18/c1-5-14-9-8-10-17-19-12-16(7-3)15(6-2)11-18(19)13(4)20(14)17/h5-7,10-12H,1-4,8-9H2. The predicted octanol–water partition coefficient (Wildman–Crippen LogP) is 5.66. The van der Waals surface area contributed by atoms with Gasteiger partial charge in [-0.1, -0.05) is 50.6 Å². The third-order valence-corrected chi connectivity index (χ3v) is 4.18. The van der Waals surface area contributed by atoms with E-state index in [2.05, 4.69) is 44.5 Å². The molecule has 0 heterocycles. The average Bonchev–Trinajstić information content (AvgIpc) is 2.78. The average molecular weight is 258 g/mol. The molecule has 0 amide bonds. The molecule has 0 saturated carbocycles. The molecule has 0 bridgehead atoms. The second-order valence-electron chi connectivity index (χ2n) is 5.17. The number of rotatable bonds is 3. The largest absolute Gasteiger partial charge is 0.0988 e. The molecule has 98 valence electrons. The highest BCUT2D eigenvalue weighted by molar-refractivity contribution is 6.09. The molecule has 0 aromatic heterocycles. The Morgan fingerprint density at radius 2 is 1.55 bits per heavy atom. The number of allylic oxidation sites excluding steroid dienone is 6. The van der Waals surface area contributed by atoms with Gasteiger partial charge < -0.3 is 0 Å². The van der Waals surface area contributed by atoms with Gasteiger partial charge in [-0.25, -0.2) is 0 Å². The van der Waals surface area contributed by atoms with Gasteiger partial charge in [-0.2, -0.15) is 0 Å². The Bertz CT molecular complexity index is 721. The zero-order valence-corrected chi connectivity index (χ0v) is 11.7. The quantitative estimate of drug-likeness (QED) is 0.656. The van der Waals surface area contributed by atoms with Crippen LogP contribution >= 0.6 is 0 Å². The molecule has 3 rings (SSSR count). The molecule has 0 radical (unpaired) electrons. The van der Waals surface area contributed by atoms with Crippen molar-refractivity contribution in [3.8, 4) is 0 Å². The third-order valence-electron chi connectivity index (χ3n) is 4.18. The molecule has 0 aliphatic heterocycles. The van der Waals surface area contributed by atoms with E-state index in [0.717, 1.165) is 29.5 Å². The van der Waals surface area contributed by atoms with E-state index in [4.69, 9.17) is 0 Å². The molecule has 0 spiro atoms. The van der Waals surface area contributed by atoms with Gasteiger partial charge in [0.05, 0.1) is 0 Å².